The van der Waals surface area contributed by atoms with E-state index in [9.17, 15) is 8.78 Å². The van der Waals surface area contributed by atoms with Crippen molar-refractivity contribution < 1.29 is 23.6 Å². The van der Waals surface area contributed by atoms with Crippen LogP contribution >= 0.6 is 0 Å². The molecule has 0 spiro atoms. The lowest BCUT2D eigenvalue weighted by molar-refractivity contribution is 0.191. The summed E-state index contributed by atoms with van der Waals surface area (Å²) in [5, 5.41) is 17.7. The normalized spacial score (nSPS) is 16.2. The molecule has 1 saturated carbocycles. The van der Waals surface area contributed by atoms with Crippen LogP contribution in [0.4, 0.5) is 8.78 Å². The summed E-state index contributed by atoms with van der Waals surface area (Å²) in [5.74, 6) is -2.23. The van der Waals surface area contributed by atoms with Crippen molar-refractivity contribution in [2.24, 2.45) is 0 Å². The van der Waals surface area contributed by atoms with E-state index < -0.39 is 24.5 Å². The van der Waals surface area contributed by atoms with Crippen molar-refractivity contribution in [3.05, 3.63) is 23.8 Å². The Morgan fingerprint density at radius 2 is 1.65 bits per heavy atom. The van der Waals surface area contributed by atoms with Crippen LogP contribution in [0.3, 0.4) is 0 Å². The van der Waals surface area contributed by atoms with Crippen LogP contribution in [-0.2, 0) is 0 Å². The molecule has 1 aliphatic carbocycles. The number of benzene rings is 1. The minimum Gasteiger partial charge on any atom is -0.484 e. The smallest absolute Gasteiger partial charge is 0.484 e. The van der Waals surface area contributed by atoms with Crippen LogP contribution in [0.5, 0.6) is 5.75 Å². The maximum Gasteiger partial charge on any atom is 0.488 e. The molecule has 1 fully saturated rings. The number of hydrogen-bond donors (Lipinski definition) is 2. The highest BCUT2D eigenvalue weighted by molar-refractivity contribution is 6.58. The molecule has 0 unspecified atom stereocenters. The molecule has 2 rings (SSSR count). The van der Waals surface area contributed by atoms with E-state index in [1.165, 1.54) is 0 Å². The molecule has 1 aromatic carbocycles. The molecule has 0 saturated heterocycles. The van der Waals surface area contributed by atoms with Crippen LogP contribution in [-0.4, -0.2) is 23.3 Å². The van der Waals surface area contributed by atoms with Crippen molar-refractivity contribution in [2.75, 3.05) is 0 Å². The van der Waals surface area contributed by atoms with Crippen LogP contribution < -0.4 is 10.2 Å². The summed E-state index contributed by atoms with van der Waals surface area (Å²) in [7, 11) is -1.89. The minimum atomic E-state index is -1.89. The third kappa shape index (κ3) is 2.76. The molecule has 0 heterocycles. The molecule has 0 aromatic heterocycles. The maximum absolute atomic E-state index is 13.5. The monoisotopic (exact) mass is 242 g/mol. The second-order valence-corrected chi connectivity index (χ2v) is 4.21. The first-order valence-corrected chi connectivity index (χ1v) is 5.59. The SMILES string of the molecule is OB(O)c1cc(F)c(OC2CCCC2)c(F)c1. The fourth-order valence-corrected chi connectivity index (χ4v) is 2.01. The number of rotatable bonds is 3. The molecule has 0 aliphatic heterocycles. The Morgan fingerprint density at radius 3 is 2.12 bits per heavy atom. The molecule has 17 heavy (non-hydrogen) atoms. The van der Waals surface area contributed by atoms with E-state index in [-0.39, 0.29) is 11.6 Å². The van der Waals surface area contributed by atoms with Crippen LogP contribution in [0.2, 0.25) is 0 Å². The van der Waals surface area contributed by atoms with E-state index in [1.807, 2.05) is 0 Å². The molecular formula is C11H13BF2O3. The highest BCUT2D eigenvalue weighted by atomic mass is 19.1. The Labute approximate surface area is 98.2 Å². The van der Waals surface area contributed by atoms with Gasteiger partial charge in [-0.05, 0) is 43.3 Å². The quantitative estimate of drug-likeness (QED) is 0.776. The van der Waals surface area contributed by atoms with Crippen LogP contribution in [0.15, 0.2) is 12.1 Å². The Morgan fingerprint density at radius 1 is 1.12 bits per heavy atom. The molecule has 3 nitrogen and oxygen atoms in total. The molecule has 1 aromatic rings. The topological polar surface area (TPSA) is 49.7 Å². The third-order valence-electron chi connectivity index (χ3n) is 2.91. The lowest BCUT2D eigenvalue weighted by Gasteiger charge is -2.15. The predicted octanol–water partition coefficient (Wildman–Crippen LogP) is 0.966. The third-order valence-corrected chi connectivity index (χ3v) is 2.91. The molecule has 2 N–H and O–H groups in total. The second-order valence-electron chi connectivity index (χ2n) is 4.21. The van der Waals surface area contributed by atoms with E-state index >= 15 is 0 Å². The molecule has 0 atom stereocenters. The second kappa shape index (κ2) is 5.02. The van der Waals surface area contributed by atoms with Crippen molar-refractivity contribution >= 4 is 12.6 Å². The van der Waals surface area contributed by atoms with E-state index in [0.29, 0.717) is 0 Å². The molecule has 0 amide bonds. The van der Waals surface area contributed by atoms with E-state index in [0.717, 1.165) is 37.8 Å². The largest absolute Gasteiger partial charge is 0.488 e. The minimum absolute atomic E-state index is 0.149. The molecular weight excluding hydrogens is 229 g/mol. The van der Waals surface area contributed by atoms with Crippen molar-refractivity contribution in [3.8, 4) is 5.75 Å². The van der Waals surface area contributed by atoms with Gasteiger partial charge in [0.05, 0.1) is 6.10 Å². The standard InChI is InChI=1S/C11H13BF2O3/c13-9-5-7(12(15)16)6-10(14)11(9)17-8-3-1-2-4-8/h5-6,8,15-16H,1-4H2. The first kappa shape index (κ1) is 12.3. The molecule has 0 radical (unpaired) electrons. The average molecular weight is 242 g/mol. The fourth-order valence-electron chi connectivity index (χ4n) is 2.01. The van der Waals surface area contributed by atoms with Crippen LogP contribution in [0.1, 0.15) is 25.7 Å². The van der Waals surface area contributed by atoms with Crippen molar-refractivity contribution in [1.82, 2.24) is 0 Å². The molecule has 92 valence electrons. The van der Waals surface area contributed by atoms with Gasteiger partial charge in [-0.1, -0.05) is 0 Å². The highest BCUT2D eigenvalue weighted by Gasteiger charge is 2.23. The van der Waals surface area contributed by atoms with Gasteiger partial charge in [0.1, 0.15) is 0 Å². The highest BCUT2D eigenvalue weighted by Crippen LogP contribution is 2.27. The summed E-state index contributed by atoms with van der Waals surface area (Å²) in [6.07, 6.45) is 3.44. The zero-order valence-corrected chi connectivity index (χ0v) is 9.20. The number of ether oxygens (including phenoxy) is 1. The summed E-state index contributed by atoms with van der Waals surface area (Å²) in [4.78, 5) is 0. The zero-order valence-electron chi connectivity index (χ0n) is 9.20. The Kier molecular flexibility index (Phi) is 3.64. The summed E-state index contributed by atoms with van der Waals surface area (Å²) in [6, 6.07) is 1.75. The summed E-state index contributed by atoms with van der Waals surface area (Å²) < 4.78 is 32.3. The summed E-state index contributed by atoms with van der Waals surface area (Å²) in [5.41, 5.74) is -0.223. The van der Waals surface area contributed by atoms with Crippen LogP contribution in [0, 0.1) is 11.6 Å². The van der Waals surface area contributed by atoms with E-state index in [2.05, 4.69) is 0 Å². The molecule has 0 bridgehead atoms. The fraction of sp³-hybridized carbons (Fsp3) is 0.455. The van der Waals surface area contributed by atoms with Crippen molar-refractivity contribution in [1.29, 1.82) is 0 Å². The average Bonchev–Trinajstić information content (AvgIpc) is 2.75. The van der Waals surface area contributed by atoms with Gasteiger partial charge in [0.25, 0.3) is 0 Å². The van der Waals surface area contributed by atoms with Crippen LogP contribution in [0.25, 0.3) is 0 Å². The van der Waals surface area contributed by atoms with Crippen molar-refractivity contribution in [3.63, 3.8) is 0 Å². The summed E-state index contributed by atoms with van der Waals surface area (Å²) in [6.45, 7) is 0. The van der Waals surface area contributed by atoms with Gasteiger partial charge < -0.3 is 14.8 Å². The first-order chi connectivity index (χ1) is 8.08. The van der Waals surface area contributed by atoms with Gasteiger partial charge in [0.2, 0.25) is 0 Å². The summed E-state index contributed by atoms with van der Waals surface area (Å²) >= 11 is 0. The maximum atomic E-state index is 13.5. The van der Waals surface area contributed by atoms with Crippen molar-refractivity contribution in [2.45, 2.75) is 31.8 Å². The first-order valence-electron chi connectivity index (χ1n) is 5.59. The zero-order chi connectivity index (χ0) is 12.4. The molecule has 1 aliphatic rings. The van der Waals surface area contributed by atoms with Gasteiger partial charge in [-0.3, -0.25) is 0 Å². The van der Waals surface area contributed by atoms with Gasteiger partial charge in [0, 0.05) is 0 Å². The van der Waals surface area contributed by atoms with Gasteiger partial charge in [-0.15, -0.1) is 0 Å². The number of hydrogen-bond acceptors (Lipinski definition) is 3. The number of halogens is 2. The predicted molar refractivity (Wildman–Crippen MR) is 59.1 cm³/mol. The van der Waals surface area contributed by atoms with Gasteiger partial charge in [0.15, 0.2) is 17.4 Å². The van der Waals surface area contributed by atoms with Gasteiger partial charge in [-0.25, -0.2) is 8.78 Å². The molecule has 6 heteroatoms. The van der Waals surface area contributed by atoms with Gasteiger partial charge in [-0.2, -0.15) is 0 Å². The van der Waals surface area contributed by atoms with E-state index in [4.69, 9.17) is 14.8 Å². The lowest BCUT2D eigenvalue weighted by atomic mass is 9.80. The Bertz CT molecular complexity index is 383. The van der Waals surface area contributed by atoms with Gasteiger partial charge >= 0.3 is 7.12 Å². The Balaban J connectivity index is 2.21. The lowest BCUT2D eigenvalue weighted by Crippen LogP contribution is -2.31. The Hall–Kier alpha value is -1.14. The van der Waals surface area contributed by atoms with E-state index in [1.54, 1.807) is 0 Å².